The molecule has 0 aromatic heterocycles. The van der Waals surface area contributed by atoms with Gasteiger partial charge in [-0.1, -0.05) is 20.3 Å². The van der Waals surface area contributed by atoms with Crippen molar-refractivity contribution in [3.63, 3.8) is 0 Å². The Balaban J connectivity index is 2.33. The van der Waals surface area contributed by atoms with Gasteiger partial charge in [0, 0.05) is 12.6 Å². The summed E-state index contributed by atoms with van der Waals surface area (Å²) in [7, 11) is 0. The van der Waals surface area contributed by atoms with Gasteiger partial charge >= 0.3 is 0 Å². The van der Waals surface area contributed by atoms with Crippen molar-refractivity contribution < 1.29 is 0 Å². The Morgan fingerprint density at radius 1 is 1.46 bits per heavy atom. The average Bonchev–Trinajstić information content (AvgIpc) is 2.61. The fourth-order valence-electron chi connectivity index (χ4n) is 2.30. The first-order chi connectivity index (χ1) is 6.31. The lowest BCUT2D eigenvalue weighted by Gasteiger charge is -2.27. The third kappa shape index (κ3) is 2.96. The molecule has 0 aromatic carbocycles. The Morgan fingerprint density at radius 3 is 2.77 bits per heavy atom. The first kappa shape index (κ1) is 11.0. The van der Waals surface area contributed by atoms with E-state index in [1.54, 1.807) is 0 Å². The van der Waals surface area contributed by atoms with Gasteiger partial charge < -0.3 is 10.6 Å². The Kier molecular flexibility index (Phi) is 4.74. The molecule has 2 unspecified atom stereocenters. The van der Waals surface area contributed by atoms with Gasteiger partial charge in [-0.3, -0.25) is 0 Å². The third-order valence-electron chi connectivity index (χ3n) is 3.37. The number of rotatable bonds is 5. The van der Waals surface area contributed by atoms with E-state index in [0.29, 0.717) is 5.92 Å². The maximum atomic E-state index is 5.72. The normalized spacial score (nSPS) is 26.5. The van der Waals surface area contributed by atoms with Gasteiger partial charge in [-0.25, -0.2) is 0 Å². The Hall–Kier alpha value is -0.0800. The summed E-state index contributed by atoms with van der Waals surface area (Å²) in [5, 5.41) is 0. The first-order valence-electron chi connectivity index (χ1n) is 5.75. The van der Waals surface area contributed by atoms with Gasteiger partial charge in [0.15, 0.2) is 0 Å². The molecule has 0 saturated carbocycles. The zero-order chi connectivity index (χ0) is 9.68. The molecule has 0 aromatic rings. The molecule has 0 aliphatic carbocycles. The van der Waals surface area contributed by atoms with E-state index in [1.807, 2.05) is 0 Å². The molecular weight excluding hydrogens is 160 g/mol. The second-order valence-electron chi connectivity index (χ2n) is 4.21. The van der Waals surface area contributed by atoms with Gasteiger partial charge in [-0.05, 0) is 38.3 Å². The van der Waals surface area contributed by atoms with E-state index in [1.165, 1.54) is 38.8 Å². The van der Waals surface area contributed by atoms with Crippen LogP contribution in [0.1, 0.15) is 39.5 Å². The number of hydrogen-bond donors (Lipinski definition) is 1. The van der Waals surface area contributed by atoms with Crippen molar-refractivity contribution >= 4 is 0 Å². The van der Waals surface area contributed by atoms with Crippen molar-refractivity contribution in [3.05, 3.63) is 0 Å². The maximum Gasteiger partial charge on any atom is 0.00932 e. The van der Waals surface area contributed by atoms with Crippen LogP contribution < -0.4 is 5.73 Å². The highest BCUT2D eigenvalue weighted by Crippen LogP contribution is 2.21. The SMILES string of the molecule is CCC(CN)CN1CCCC1CC. The summed E-state index contributed by atoms with van der Waals surface area (Å²) in [6, 6.07) is 0.848. The lowest BCUT2D eigenvalue weighted by Crippen LogP contribution is -2.35. The summed E-state index contributed by atoms with van der Waals surface area (Å²) >= 11 is 0. The monoisotopic (exact) mass is 184 g/mol. The van der Waals surface area contributed by atoms with Crippen molar-refractivity contribution in [3.8, 4) is 0 Å². The van der Waals surface area contributed by atoms with Crippen LogP contribution in [0.15, 0.2) is 0 Å². The molecule has 1 fully saturated rings. The molecule has 1 aliphatic heterocycles. The van der Waals surface area contributed by atoms with Crippen LogP contribution in [0.2, 0.25) is 0 Å². The van der Waals surface area contributed by atoms with E-state index in [2.05, 4.69) is 18.7 Å². The largest absolute Gasteiger partial charge is 0.330 e. The predicted molar refractivity (Wildman–Crippen MR) is 57.7 cm³/mol. The van der Waals surface area contributed by atoms with Crippen LogP contribution in [-0.4, -0.2) is 30.6 Å². The highest BCUT2D eigenvalue weighted by atomic mass is 15.2. The van der Waals surface area contributed by atoms with Crippen LogP contribution in [0, 0.1) is 5.92 Å². The van der Waals surface area contributed by atoms with Gasteiger partial charge in [0.25, 0.3) is 0 Å². The molecule has 0 amide bonds. The van der Waals surface area contributed by atoms with Gasteiger partial charge in [-0.2, -0.15) is 0 Å². The van der Waals surface area contributed by atoms with Gasteiger partial charge in [0.05, 0.1) is 0 Å². The van der Waals surface area contributed by atoms with Crippen LogP contribution in [0.25, 0.3) is 0 Å². The molecule has 2 heteroatoms. The third-order valence-corrected chi connectivity index (χ3v) is 3.37. The van der Waals surface area contributed by atoms with E-state index < -0.39 is 0 Å². The van der Waals surface area contributed by atoms with Crippen LogP contribution in [0.3, 0.4) is 0 Å². The average molecular weight is 184 g/mol. The fourth-order valence-corrected chi connectivity index (χ4v) is 2.30. The molecular formula is C11H24N2. The summed E-state index contributed by atoms with van der Waals surface area (Å²) in [6.45, 7) is 7.92. The summed E-state index contributed by atoms with van der Waals surface area (Å²) < 4.78 is 0. The van der Waals surface area contributed by atoms with Crippen LogP contribution in [-0.2, 0) is 0 Å². The number of hydrogen-bond acceptors (Lipinski definition) is 2. The topological polar surface area (TPSA) is 29.3 Å². The smallest absolute Gasteiger partial charge is 0.00932 e. The predicted octanol–water partition coefficient (Wildman–Crippen LogP) is 1.85. The molecule has 13 heavy (non-hydrogen) atoms. The zero-order valence-electron chi connectivity index (χ0n) is 9.13. The molecule has 1 heterocycles. The van der Waals surface area contributed by atoms with Crippen molar-refractivity contribution in [2.24, 2.45) is 11.7 Å². The molecule has 1 saturated heterocycles. The minimum Gasteiger partial charge on any atom is -0.330 e. The minimum atomic E-state index is 0.715. The number of nitrogens with two attached hydrogens (primary N) is 1. The summed E-state index contributed by atoms with van der Waals surface area (Å²) in [6.07, 6.45) is 5.32. The molecule has 2 nitrogen and oxygen atoms in total. The summed E-state index contributed by atoms with van der Waals surface area (Å²) in [5.74, 6) is 0.715. The van der Waals surface area contributed by atoms with E-state index >= 15 is 0 Å². The molecule has 1 aliphatic rings. The van der Waals surface area contributed by atoms with Gasteiger partial charge in [0.1, 0.15) is 0 Å². The van der Waals surface area contributed by atoms with E-state index in [4.69, 9.17) is 5.73 Å². The van der Waals surface area contributed by atoms with Crippen molar-refractivity contribution in [2.45, 2.75) is 45.6 Å². The maximum absolute atomic E-state index is 5.72. The lowest BCUT2D eigenvalue weighted by molar-refractivity contribution is 0.209. The highest BCUT2D eigenvalue weighted by Gasteiger charge is 2.24. The first-order valence-corrected chi connectivity index (χ1v) is 5.75. The fraction of sp³-hybridized carbons (Fsp3) is 1.00. The van der Waals surface area contributed by atoms with E-state index in [-0.39, 0.29) is 0 Å². The zero-order valence-corrected chi connectivity index (χ0v) is 9.13. The van der Waals surface area contributed by atoms with Gasteiger partial charge in [0.2, 0.25) is 0 Å². The Bertz CT molecular complexity index is 132. The quantitative estimate of drug-likeness (QED) is 0.706. The van der Waals surface area contributed by atoms with Crippen molar-refractivity contribution in [1.82, 2.24) is 4.90 Å². The van der Waals surface area contributed by atoms with E-state index in [0.717, 1.165) is 12.6 Å². The molecule has 1 rings (SSSR count). The van der Waals surface area contributed by atoms with Crippen LogP contribution in [0.5, 0.6) is 0 Å². The van der Waals surface area contributed by atoms with Gasteiger partial charge in [-0.15, -0.1) is 0 Å². The second-order valence-corrected chi connectivity index (χ2v) is 4.21. The minimum absolute atomic E-state index is 0.715. The molecule has 2 N–H and O–H groups in total. The lowest BCUT2D eigenvalue weighted by atomic mass is 10.1. The second kappa shape index (κ2) is 5.61. The van der Waals surface area contributed by atoms with Crippen LogP contribution in [0.4, 0.5) is 0 Å². The molecule has 78 valence electrons. The Morgan fingerprint density at radius 2 is 2.23 bits per heavy atom. The molecule has 2 atom stereocenters. The Labute approximate surface area is 82.5 Å². The number of likely N-dealkylation sites (tertiary alicyclic amines) is 1. The summed E-state index contributed by atoms with van der Waals surface area (Å²) in [5.41, 5.74) is 5.72. The molecule has 0 radical (unpaired) electrons. The summed E-state index contributed by atoms with van der Waals surface area (Å²) in [4.78, 5) is 2.64. The molecule has 0 spiro atoms. The number of nitrogens with zero attached hydrogens (tertiary/aromatic N) is 1. The molecule has 0 bridgehead atoms. The van der Waals surface area contributed by atoms with Crippen molar-refractivity contribution in [2.75, 3.05) is 19.6 Å². The van der Waals surface area contributed by atoms with Crippen LogP contribution >= 0.6 is 0 Å². The van der Waals surface area contributed by atoms with Crippen molar-refractivity contribution in [1.29, 1.82) is 0 Å². The standard InChI is InChI=1S/C11H24N2/c1-3-10(8-12)9-13-7-5-6-11(13)4-2/h10-11H,3-9,12H2,1-2H3. The highest BCUT2D eigenvalue weighted by molar-refractivity contribution is 4.79. The van der Waals surface area contributed by atoms with E-state index in [9.17, 15) is 0 Å².